The fourth-order valence-electron chi connectivity index (χ4n) is 1.37. The van der Waals surface area contributed by atoms with Gasteiger partial charge in [0.2, 0.25) is 5.13 Å². The number of aromatic carboxylic acids is 1. The van der Waals surface area contributed by atoms with Crippen molar-refractivity contribution >= 4 is 28.3 Å². The molecular formula is C11H8N3O3S-. The first kappa shape index (κ1) is 12.2. The highest BCUT2D eigenvalue weighted by Gasteiger charge is 2.13. The lowest BCUT2D eigenvalue weighted by Gasteiger charge is -2.08. The number of carbonyl (C=O) groups excluding carboxylic acids is 2. The van der Waals surface area contributed by atoms with E-state index in [0.717, 1.165) is 0 Å². The van der Waals surface area contributed by atoms with E-state index in [1.807, 2.05) is 0 Å². The van der Waals surface area contributed by atoms with E-state index in [2.05, 4.69) is 15.5 Å². The van der Waals surface area contributed by atoms with Crippen LogP contribution in [0.2, 0.25) is 0 Å². The minimum absolute atomic E-state index is 0.0327. The molecule has 6 nitrogen and oxygen atoms in total. The van der Waals surface area contributed by atoms with Gasteiger partial charge in [0.05, 0.1) is 5.97 Å². The molecule has 2 aromatic rings. The number of nitrogens with zero attached hydrogens (tertiary/aromatic N) is 2. The summed E-state index contributed by atoms with van der Waals surface area (Å²) < 4.78 is 0. The summed E-state index contributed by atoms with van der Waals surface area (Å²) >= 11 is 1.21. The SMILES string of the molecule is Cc1nnc(NC(=O)c2ccccc2C(=O)[O-])s1. The number of hydrogen-bond acceptors (Lipinski definition) is 6. The predicted molar refractivity (Wildman–Crippen MR) is 63.4 cm³/mol. The van der Waals surface area contributed by atoms with Gasteiger partial charge in [-0.1, -0.05) is 29.5 Å². The third-order valence-electron chi connectivity index (χ3n) is 2.14. The molecular weight excluding hydrogens is 254 g/mol. The van der Waals surface area contributed by atoms with Gasteiger partial charge in [-0.25, -0.2) is 0 Å². The molecule has 92 valence electrons. The van der Waals surface area contributed by atoms with E-state index >= 15 is 0 Å². The van der Waals surface area contributed by atoms with Crippen molar-refractivity contribution in [3.63, 3.8) is 0 Å². The summed E-state index contributed by atoms with van der Waals surface area (Å²) in [6.45, 7) is 1.75. The van der Waals surface area contributed by atoms with Gasteiger partial charge >= 0.3 is 0 Å². The topological polar surface area (TPSA) is 95.0 Å². The molecule has 2 rings (SSSR count). The van der Waals surface area contributed by atoms with Crippen LogP contribution >= 0.6 is 11.3 Å². The third kappa shape index (κ3) is 2.51. The maximum absolute atomic E-state index is 11.9. The van der Waals surface area contributed by atoms with Crippen molar-refractivity contribution < 1.29 is 14.7 Å². The molecule has 0 radical (unpaired) electrons. The second-order valence-electron chi connectivity index (χ2n) is 3.41. The van der Waals surface area contributed by atoms with Crippen LogP contribution in [-0.2, 0) is 0 Å². The number of carboxylic acids is 1. The number of rotatable bonds is 3. The van der Waals surface area contributed by atoms with E-state index in [-0.39, 0.29) is 11.1 Å². The Balaban J connectivity index is 2.26. The van der Waals surface area contributed by atoms with Crippen molar-refractivity contribution in [2.75, 3.05) is 5.32 Å². The molecule has 0 unspecified atom stereocenters. The Labute approximate surface area is 106 Å². The van der Waals surface area contributed by atoms with Crippen molar-refractivity contribution in [1.29, 1.82) is 0 Å². The number of hydrogen-bond donors (Lipinski definition) is 1. The van der Waals surface area contributed by atoms with Crippen molar-refractivity contribution in [3.05, 3.63) is 40.4 Å². The van der Waals surface area contributed by atoms with Gasteiger partial charge < -0.3 is 9.90 Å². The highest BCUT2D eigenvalue weighted by Crippen LogP contribution is 2.16. The van der Waals surface area contributed by atoms with Gasteiger partial charge in [-0.05, 0) is 13.0 Å². The van der Waals surface area contributed by atoms with Crippen LogP contribution in [-0.4, -0.2) is 22.1 Å². The van der Waals surface area contributed by atoms with Crippen LogP contribution in [0, 0.1) is 6.92 Å². The van der Waals surface area contributed by atoms with Gasteiger partial charge in [-0.3, -0.25) is 10.1 Å². The van der Waals surface area contributed by atoms with E-state index in [1.165, 1.54) is 29.5 Å². The fourth-order valence-corrected chi connectivity index (χ4v) is 1.96. The molecule has 18 heavy (non-hydrogen) atoms. The van der Waals surface area contributed by atoms with Crippen LogP contribution in [0.15, 0.2) is 24.3 Å². The van der Waals surface area contributed by atoms with E-state index in [1.54, 1.807) is 13.0 Å². The zero-order valence-electron chi connectivity index (χ0n) is 9.34. The van der Waals surface area contributed by atoms with Crippen LogP contribution in [0.3, 0.4) is 0 Å². The van der Waals surface area contributed by atoms with Gasteiger partial charge in [-0.15, -0.1) is 10.2 Å². The molecule has 0 aliphatic heterocycles. The quantitative estimate of drug-likeness (QED) is 0.867. The van der Waals surface area contributed by atoms with E-state index < -0.39 is 11.9 Å². The molecule has 0 atom stereocenters. The molecule has 0 aliphatic rings. The summed E-state index contributed by atoms with van der Waals surface area (Å²) in [5.41, 5.74) is -0.124. The Hall–Kier alpha value is -2.28. The summed E-state index contributed by atoms with van der Waals surface area (Å²) in [6.07, 6.45) is 0. The van der Waals surface area contributed by atoms with Crippen LogP contribution in [0.1, 0.15) is 25.7 Å². The lowest BCUT2D eigenvalue weighted by Crippen LogP contribution is -2.26. The average Bonchev–Trinajstić information content (AvgIpc) is 2.74. The van der Waals surface area contributed by atoms with Gasteiger partial charge in [0.1, 0.15) is 5.01 Å². The molecule has 0 saturated heterocycles. The van der Waals surface area contributed by atoms with Crippen molar-refractivity contribution in [2.24, 2.45) is 0 Å². The number of anilines is 1. The Morgan fingerprint density at radius 3 is 2.44 bits per heavy atom. The molecule has 1 aromatic heterocycles. The van der Waals surface area contributed by atoms with Crippen molar-refractivity contribution in [2.45, 2.75) is 6.92 Å². The zero-order chi connectivity index (χ0) is 13.1. The first-order chi connectivity index (χ1) is 8.58. The normalized spacial score (nSPS) is 10.1. The molecule has 0 aliphatic carbocycles. The number of nitrogens with one attached hydrogen (secondary N) is 1. The zero-order valence-corrected chi connectivity index (χ0v) is 10.2. The van der Waals surface area contributed by atoms with Crippen LogP contribution in [0.25, 0.3) is 0 Å². The summed E-state index contributed by atoms with van der Waals surface area (Å²) in [5, 5.41) is 21.9. The second-order valence-corrected chi connectivity index (χ2v) is 4.60. The predicted octanol–water partition coefficient (Wildman–Crippen LogP) is 0.462. The Morgan fingerprint density at radius 1 is 1.22 bits per heavy atom. The van der Waals surface area contributed by atoms with E-state index in [4.69, 9.17) is 0 Å². The highest BCUT2D eigenvalue weighted by atomic mass is 32.1. The number of carbonyl (C=O) groups is 2. The maximum atomic E-state index is 11.9. The lowest BCUT2D eigenvalue weighted by atomic mass is 10.1. The van der Waals surface area contributed by atoms with E-state index in [9.17, 15) is 14.7 Å². The lowest BCUT2D eigenvalue weighted by molar-refractivity contribution is -0.255. The maximum Gasteiger partial charge on any atom is 0.258 e. The molecule has 0 fully saturated rings. The Bertz CT molecular complexity index is 609. The molecule has 1 N–H and O–H groups in total. The van der Waals surface area contributed by atoms with Crippen LogP contribution < -0.4 is 10.4 Å². The van der Waals surface area contributed by atoms with Crippen LogP contribution in [0.4, 0.5) is 5.13 Å². The number of aromatic nitrogens is 2. The summed E-state index contributed by atoms with van der Waals surface area (Å²) in [6, 6.07) is 5.83. The minimum atomic E-state index is -1.39. The van der Waals surface area contributed by atoms with Gasteiger partial charge in [-0.2, -0.15) is 0 Å². The number of benzene rings is 1. The molecule has 1 amide bonds. The molecule has 0 bridgehead atoms. The van der Waals surface area contributed by atoms with Crippen LogP contribution in [0.5, 0.6) is 0 Å². The standard InChI is InChI=1S/C11H9N3O3S/c1-6-13-14-11(18-6)12-9(15)7-4-2-3-5-8(7)10(16)17/h2-5H,1H3,(H,16,17)(H,12,14,15)/p-1. The first-order valence-corrected chi connectivity index (χ1v) is 5.81. The molecule has 1 aromatic carbocycles. The summed E-state index contributed by atoms with van der Waals surface area (Å²) in [4.78, 5) is 22.8. The number of amides is 1. The largest absolute Gasteiger partial charge is 0.545 e. The van der Waals surface area contributed by atoms with Gasteiger partial charge in [0.15, 0.2) is 0 Å². The smallest absolute Gasteiger partial charge is 0.258 e. The first-order valence-electron chi connectivity index (χ1n) is 5.00. The average molecular weight is 262 g/mol. The minimum Gasteiger partial charge on any atom is -0.545 e. The fraction of sp³-hybridized carbons (Fsp3) is 0.0909. The van der Waals surface area contributed by atoms with E-state index in [0.29, 0.717) is 10.1 Å². The van der Waals surface area contributed by atoms with Gasteiger partial charge in [0, 0.05) is 11.1 Å². The highest BCUT2D eigenvalue weighted by molar-refractivity contribution is 7.15. The molecule has 7 heteroatoms. The molecule has 1 heterocycles. The second kappa shape index (κ2) is 4.92. The monoisotopic (exact) mass is 262 g/mol. The number of carboxylic acid groups (broad SMARTS) is 1. The Morgan fingerprint density at radius 2 is 1.89 bits per heavy atom. The van der Waals surface area contributed by atoms with Crippen molar-refractivity contribution in [3.8, 4) is 0 Å². The number of aryl methyl sites for hydroxylation is 1. The molecule has 0 spiro atoms. The summed E-state index contributed by atoms with van der Waals surface area (Å²) in [7, 11) is 0. The van der Waals surface area contributed by atoms with Gasteiger partial charge in [0.25, 0.3) is 5.91 Å². The van der Waals surface area contributed by atoms with Crippen molar-refractivity contribution in [1.82, 2.24) is 10.2 Å². The Kier molecular flexibility index (Phi) is 3.33. The molecule has 0 saturated carbocycles. The summed E-state index contributed by atoms with van der Waals surface area (Å²) in [5.74, 6) is -1.94. The third-order valence-corrected chi connectivity index (χ3v) is 2.89.